The van der Waals surface area contributed by atoms with E-state index in [0.717, 1.165) is 5.56 Å². The van der Waals surface area contributed by atoms with Gasteiger partial charge in [-0.15, -0.1) is 0 Å². The van der Waals surface area contributed by atoms with Crippen LogP contribution in [0.15, 0.2) is 54.6 Å². The van der Waals surface area contributed by atoms with Gasteiger partial charge in [0.2, 0.25) is 0 Å². The normalized spacial score (nSPS) is 13.1. The Bertz CT molecular complexity index is 697. The van der Waals surface area contributed by atoms with Gasteiger partial charge in [0.15, 0.2) is 0 Å². The number of aliphatic carboxylic acids is 1. The molecule has 0 saturated carbocycles. The zero-order valence-electron chi connectivity index (χ0n) is 13.8. The van der Waals surface area contributed by atoms with E-state index in [1.807, 2.05) is 18.2 Å². The van der Waals surface area contributed by atoms with Gasteiger partial charge in [-0.05, 0) is 30.2 Å². The summed E-state index contributed by atoms with van der Waals surface area (Å²) in [5.74, 6) is -1.29. The van der Waals surface area contributed by atoms with Crippen molar-refractivity contribution in [3.05, 3.63) is 71.3 Å². The van der Waals surface area contributed by atoms with E-state index in [4.69, 9.17) is 4.74 Å². The van der Waals surface area contributed by atoms with Crippen molar-refractivity contribution in [1.82, 2.24) is 5.32 Å². The molecule has 0 aliphatic rings. The number of nitrogens with one attached hydrogen (secondary N) is 1. The van der Waals surface area contributed by atoms with Crippen molar-refractivity contribution in [3.8, 4) is 0 Å². The van der Waals surface area contributed by atoms with Gasteiger partial charge < -0.3 is 15.2 Å². The summed E-state index contributed by atoms with van der Waals surface area (Å²) in [6.07, 6.45) is 0. The number of benzene rings is 2. The zero-order valence-corrected chi connectivity index (χ0v) is 13.8. The third-order valence-electron chi connectivity index (χ3n) is 4.01. The Hall–Kier alpha value is -2.66. The first-order valence-electron chi connectivity index (χ1n) is 7.62. The van der Waals surface area contributed by atoms with E-state index in [0.29, 0.717) is 17.7 Å². The summed E-state index contributed by atoms with van der Waals surface area (Å²) in [4.78, 5) is 24.0. The third kappa shape index (κ3) is 4.00. The number of carbonyl (C=O) groups is 2. The molecule has 1 amide bonds. The Balaban J connectivity index is 2.09. The number of carbonyl (C=O) groups excluding carboxylic acids is 1. The van der Waals surface area contributed by atoms with Gasteiger partial charge in [0.05, 0.1) is 6.61 Å². The van der Waals surface area contributed by atoms with Gasteiger partial charge in [-0.25, -0.2) is 0 Å². The molecular weight excluding hydrogens is 306 g/mol. The van der Waals surface area contributed by atoms with E-state index >= 15 is 0 Å². The highest BCUT2D eigenvalue weighted by Gasteiger charge is 2.35. The fourth-order valence-electron chi connectivity index (χ4n) is 2.39. The SMILES string of the molecule is COCc1ccc(C(=O)NCC(C)(C(=O)O)c2ccccc2)cc1. The van der Waals surface area contributed by atoms with Crippen molar-refractivity contribution in [3.63, 3.8) is 0 Å². The maximum absolute atomic E-state index is 12.3. The number of methoxy groups -OCH3 is 1. The van der Waals surface area contributed by atoms with Crippen molar-refractivity contribution in [1.29, 1.82) is 0 Å². The quantitative estimate of drug-likeness (QED) is 0.819. The molecule has 0 aromatic heterocycles. The number of hydrogen-bond donors (Lipinski definition) is 2. The van der Waals surface area contributed by atoms with Crippen molar-refractivity contribution in [2.45, 2.75) is 18.9 Å². The Morgan fingerprint density at radius 1 is 1.08 bits per heavy atom. The number of hydrogen-bond acceptors (Lipinski definition) is 3. The molecule has 0 spiro atoms. The Labute approximate surface area is 141 Å². The van der Waals surface area contributed by atoms with E-state index in [1.54, 1.807) is 50.4 Å². The van der Waals surface area contributed by atoms with Crippen LogP contribution in [0.2, 0.25) is 0 Å². The van der Waals surface area contributed by atoms with Gasteiger partial charge in [0.25, 0.3) is 5.91 Å². The van der Waals surface area contributed by atoms with Gasteiger partial charge in [-0.1, -0.05) is 42.5 Å². The molecule has 5 nitrogen and oxygen atoms in total. The summed E-state index contributed by atoms with van der Waals surface area (Å²) in [5.41, 5.74) is 0.907. The molecule has 5 heteroatoms. The second-order valence-electron chi connectivity index (χ2n) is 5.82. The fourth-order valence-corrected chi connectivity index (χ4v) is 2.39. The van der Waals surface area contributed by atoms with E-state index in [-0.39, 0.29) is 12.5 Å². The lowest BCUT2D eigenvalue weighted by Gasteiger charge is -2.25. The number of amides is 1. The first kappa shape index (κ1) is 17.7. The van der Waals surface area contributed by atoms with E-state index in [1.165, 1.54) is 0 Å². The van der Waals surface area contributed by atoms with Crippen LogP contribution in [0.4, 0.5) is 0 Å². The second kappa shape index (κ2) is 7.75. The molecule has 126 valence electrons. The molecule has 1 unspecified atom stereocenters. The average molecular weight is 327 g/mol. The molecule has 0 aliphatic carbocycles. The molecule has 2 aromatic rings. The number of ether oxygens (including phenoxy) is 1. The molecule has 0 heterocycles. The molecule has 2 N–H and O–H groups in total. The average Bonchev–Trinajstić information content (AvgIpc) is 2.61. The maximum Gasteiger partial charge on any atom is 0.315 e. The predicted octanol–water partition coefficient (Wildman–Crippen LogP) is 2.61. The Morgan fingerprint density at radius 2 is 1.71 bits per heavy atom. The second-order valence-corrected chi connectivity index (χ2v) is 5.82. The standard InChI is InChI=1S/C19H21NO4/c1-19(18(22)23,16-6-4-3-5-7-16)13-20-17(21)15-10-8-14(9-11-15)12-24-2/h3-11H,12-13H2,1-2H3,(H,20,21)(H,22,23). The molecule has 0 radical (unpaired) electrons. The van der Waals surface area contributed by atoms with Gasteiger partial charge in [-0.2, -0.15) is 0 Å². The highest BCUT2D eigenvalue weighted by Crippen LogP contribution is 2.23. The van der Waals surface area contributed by atoms with Crippen molar-refractivity contribution >= 4 is 11.9 Å². The van der Waals surface area contributed by atoms with E-state index in [9.17, 15) is 14.7 Å². The smallest absolute Gasteiger partial charge is 0.315 e. The monoisotopic (exact) mass is 327 g/mol. The van der Waals surface area contributed by atoms with Crippen molar-refractivity contribution in [2.24, 2.45) is 0 Å². The molecule has 0 saturated heterocycles. The summed E-state index contributed by atoms with van der Waals surface area (Å²) in [7, 11) is 1.61. The topological polar surface area (TPSA) is 75.6 Å². The van der Waals surface area contributed by atoms with Crippen LogP contribution in [-0.2, 0) is 21.6 Å². The summed E-state index contributed by atoms with van der Waals surface area (Å²) in [5, 5.41) is 12.3. The first-order chi connectivity index (χ1) is 11.5. The van der Waals surface area contributed by atoms with Crippen molar-refractivity contribution < 1.29 is 19.4 Å². The van der Waals surface area contributed by atoms with Crippen LogP contribution in [0.1, 0.15) is 28.4 Å². The highest BCUT2D eigenvalue weighted by molar-refractivity contribution is 5.94. The fraction of sp³-hybridized carbons (Fsp3) is 0.263. The molecule has 1 atom stereocenters. The number of carboxylic acid groups (broad SMARTS) is 1. The number of carboxylic acids is 1. The number of rotatable bonds is 7. The third-order valence-corrected chi connectivity index (χ3v) is 4.01. The Kier molecular flexibility index (Phi) is 5.71. The maximum atomic E-state index is 12.3. The highest BCUT2D eigenvalue weighted by atomic mass is 16.5. The van der Waals surface area contributed by atoms with Gasteiger partial charge in [0, 0.05) is 19.2 Å². The Morgan fingerprint density at radius 3 is 2.25 bits per heavy atom. The summed E-state index contributed by atoms with van der Waals surface area (Å²) in [6.45, 7) is 2.09. The van der Waals surface area contributed by atoms with Gasteiger partial charge in [-0.3, -0.25) is 9.59 Å². The summed E-state index contributed by atoms with van der Waals surface area (Å²) in [6, 6.07) is 15.9. The lowest BCUT2D eigenvalue weighted by molar-refractivity contribution is -0.142. The van der Waals surface area contributed by atoms with Crippen LogP contribution in [0.25, 0.3) is 0 Å². The van der Waals surface area contributed by atoms with Crippen LogP contribution in [0.5, 0.6) is 0 Å². The van der Waals surface area contributed by atoms with Gasteiger partial charge in [0.1, 0.15) is 5.41 Å². The van der Waals surface area contributed by atoms with Crippen LogP contribution < -0.4 is 5.32 Å². The molecule has 2 aromatic carbocycles. The molecule has 0 fully saturated rings. The molecular formula is C19H21NO4. The van der Waals surface area contributed by atoms with Crippen LogP contribution in [0, 0.1) is 0 Å². The van der Waals surface area contributed by atoms with Crippen LogP contribution in [-0.4, -0.2) is 30.6 Å². The van der Waals surface area contributed by atoms with Gasteiger partial charge >= 0.3 is 5.97 Å². The van der Waals surface area contributed by atoms with E-state index in [2.05, 4.69) is 5.32 Å². The first-order valence-corrected chi connectivity index (χ1v) is 7.62. The summed E-state index contributed by atoms with van der Waals surface area (Å²) >= 11 is 0. The molecule has 0 aliphatic heterocycles. The zero-order chi connectivity index (χ0) is 17.6. The predicted molar refractivity (Wildman–Crippen MR) is 90.9 cm³/mol. The molecule has 24 heavy (non-hydrogen) atoms. The summed E-state index contributed by atoms with van der Waals surface area (Å²) < 4.78 is 5.03. The minimum atomic E-state index is -1.19. The molecule has 2 rings (SSSR count). The lowest BCUT2D eigenvalue weighted by Crippen LogP contribution is -2.44. The minimum absolute atomic E-state index is 0.00496. The van der Waals surface area contributed by atoms with Crippen LogP contribution in [0.3, 0.4) is 0 Å². The largest absolute Gasteiger partial charge is 0.481 e. The minimum Gasteiger partial charge on any atom is -0.481 e. The lowest BCUT2D eigenvalue weighted by atomic mass is 9.82. The molecule has 0 bridgehead atoms. The van der Waals surface area contributed by atoms with E-state index < -0.39 is 11.4 Å². The van der Waals surface area contributed by atoms with Crippen molar-refractivity contribution in [2.75, 3.05) is 13.7 Å². The van der Waals surface area contributed by atoms with Crippen LogP contribution >= 0.6 is 0 Å².